The first-order chi connectivity index (χ1) is 7.92. The van der Waals surface area contributed by atoms with E-state index in [9.17, 15) is 13.6 Å². The van der Waals surface area contributed by atoms with Gasteiger partial charge in [-0.1, -0.05) is 6.07 Å². The molecule has 0 aliphatic heterocycles. The molecule has 0 fully saturated rings. The summed E-state index contributed by atoms with van der Waals surface area (Å²) in [4.78, 5) is 11.6. The number of benzene rings is 1. The fourth-order valence-corrected chi connectivity index (χ4v) is 1.57. The maximum Gasteiger partial charge on any atom is 0.313 e. The molecule has 0 amide bonds. The van der Waals surface area contributed by atoms with Gasteiger partial charge in [0.1, 0.15) is 0 Å². The van der Waals surface area contributed by atoms with Crippen molar-refractivity contribution in [2.45, 2.75) is 13.3 Å². The van der Waals surface area contributed by atoms with E-state index >= 15 is 0 Å². The Bertz CT molecular complexity index is 423. The van der Waals surface area contributed by atoms with Gasteiger partial charge in [0.15, 0.2) is 11.6 Å². The lowest BCUT2D eigenvalue weighted by Gasteiger charge is -2.24. The summed E-state index contributed by atoms with van der Waals surface area (Å²) in [6, 6.07) is 3.51. The van der Waals surface area contributed by atoms with Crippen LogP contribution in [0.3, 0.4) is 0 Å². The topological polar surface area (TPSA) is 52.3 Å². The second-order valence-electron chi connectivity index (χ2n) is 4.18. The van der Waals surface area contributed by atoms with E-state index in [-0.39, 0.29) is 13.0 Å². The van der Waals surface area contributed by atoms with E-state index < -0.39 is 23.0 Å². The second-order valence-corrected chi connectivity index (χ2v) is 4.18. The van der Waals surface area contributed by atoms with Crippen LogP contribution in [0, 0.1) is 17.0 Å². The number of halogens is 2. The van der Waals surface area contributed by atoms with Crippen molar-refractivity contribution in [1.29, 1.82) is 0 Å². The standard InChI is InChI=1S/C12H15F2NO2/c1-12(7-15,11(16)17-2)6-8-3-4-9(13)10(14)5-8/h3-5H,6-7,15H2,1-2H3. The third-order valence-corrected chi connectivity index (χ3v) is 2.71. The Balaban J connectivity index is 2.95. The first-order valence-electron chi connectivity index (χ1n) is 5.15. The molecule has 1 aromatic rings. The Morgan fingerprint density at radius 1 is 1.41 bits per heavy atom. The van der Waals surface area contributed by atoms with Gasteiger partial charge in [-0.25, -0.2) is 8.78 Å². The fraction of sp³-hybridized carbons (Fsp3) is 0.417. The summed E-state index contributed by atoms with van der Waals surface area (Å²) >= 11 is 0. The summed E-state index contributed by atoms with van der Waals surface area (Å²) in [5, 5.41) is 0. The fourth-order valence-electron chi connectivity index (χ4n) is 1.57. The maximum atomic E-state index is 13.0. The van der Waals surface area contributed by atoms with Crippen molar-refractivity contribution in [3.05, 3.63) is 35.4 Å². The van der Waals surface area contributed by atoms with Gasteiger partial charge in [-0.3, -0.25) is 4.79 Å². The van der Waals surface area contributed by atoms with Crippen LogP contribution in [0.1, 0.15) is 12.5 Å². The van der Waals surface area contributed by atoms with E-state index in [1.54, 1.807) is 6.92 Å². The second kappa shape index (κ2) is 5.23. The van der Waals surface area contributed by atoms with Crippen LogP contribution in [0.2, 0.25) is 0 Å². The van der Waals surface area contributed by atoms with Crippen molar-refractivity contribution in [2.75, 3.05) is 13.7 Å². The first kappa shape index (κ1) is 13.6. The predicted octanol–water partition coefficient (Wildman–Crippen LogP) is 1.65. The quantitative estimate of drug-likeness (QED) is 0.818. The number of rotatable bonds is 4. The molecule has 1 atom stereocenters. The molecule has 0 aliphatic carbocycles. The highest BCUT2D eigenvalue weighted by molar-refractivity contribution is 5.77. The van der Waals surface area contributed by atoms with E-state index in [1.807, 2.05) is 0 Å². The Hall–Kier alpha value is -1.49. The van der Waals surface area contributed by atoms with Crippen molar-refractivity contribution < 1.29 is 18.3 Å². The minimum Gasteiger partial charge on any atom is -0.469 e. The molecule has 0 spiro atoms. The minimum atomic E-state index is -0.938. The molecule has 17 heavy (non-hydrogen) atoms. The molecule has 1 rings (SSSR count). The molecule has 94 valence electrons. The third-order valence-electron chi connectivity index (χ3n) is 2.71. The zero-order valence-corrected chi connectivity index (χ0v) is 9.80. The van der Waals surface area contributed by atoms with Crippen molar-refractivity contribution >= 4 is 5.97 Å². The maximum absolute atomic E-state index is 13.0. The van der Waals surface area contributed by atoms with Crippen LogP contribution < -0.4 is 5.73 Å². The van der Waals surface area contributed by atoms with Gasteiger partial charge in [-0.15, -0.1) is 0 Å². The molecule has 0 aromatic heterocycles. The zero-order valence-electron chi connectivity index (χ0n) is 9.80. The van der Waals surface area contributed by atoms with Crippen LogP contribution >= 0.6 is 0 Å². The van der Waals surface area contributed by atoms with Crippen LogP contribution in [-0.4, -0.2) is 19.6 Å². The highest BCUT2D eigenvalue weighted by atomic mass is 19.2. The normalized spacial score (nSPS) is 14.2. The summed E-state index contributed by atoms with van der Waals surface area (Å²) < 4.78 is 30.4. The van der Waals surface area contributed by atoms with Gasteiger partial charge in [0, 0.05) is 6.54 Å². The number of hydrogen-bond acceptors (Lipinski definition) is 3. The first-order valence-corrected chi connectivity index (χ1v) is 5.15. The highest BCUT2D eigenvalue weighted by Gasteiger charge is 2.33. The van der Waals surface area contributed by atoms with E-state index in [0.29, 0.717) is 5.56 Å². The molecular formula is C12H15F2NO2. The van der Waals surface area contributed by atoms with Crippen LogP contribution in [0.25, 0.3) is 0 Å². The molecule has 5 heteroatoms. The summed E-state index contributed by atoms with van der Waals surface area (Å²) in [5.74, 6) is -2.32. The zero-order chi connectivity index (χ0) is 13.1. The minimum absolute atomic E-state index is 0.0681. The van der Waals surface area contributed by atoms with Gasteiger partial charge in [-0.2, -0.15) is 0 Å². The smallest absolute Gasteiger partial charge is 0.313 e. The molecule has 0 aliphatic rings. The molecular weight excluding hydrogens is 228 g/mol. The summed E-state index contributed by atoms with van der Waals surface area (Å²) in [6.45, 7) is 1.69. The molecule has 0 heterocycles. The molecule has 0 saturated heterocycles. The molecule has 1 unspecified atom stereocenters. The lowest BCUT2D eigenvalue weighted by Crippen LogP contribution is -2.38. The summed E-state index contributed by atoms with van der Waals surface area (Å²) in [7, 11) is 1.27. The van der Waals surface area contributed by atoms with Crippen LogP contribution in [0.4, 0.5) is 8.78 Å². The van der Waals surface area contributed by atoms with E-state index in [4.69, 9.17) is 5.73 Å². The number of esters is 1. The molecule has 1 aromatic carbocycles. The molecule has 0 bridgehead atoms. The number of carbonyl (C=O) groups is 1. The average Bonchev–Trinajstić information content (AvgIpc) is 2.32. The number of nitrogens with two attached hydrogens (primary N) is 1. The van der Waals surface area contributed by atoms with Crippen LogP contribution in [0.15, 0.2) is 18.2 Å². The molecule has 0 saturated carbocycles. The molecule has 0 radical (unpaired) electrons. The van der Waals surface area contributed by atoms with Gasteiger partial charge < -0.3 is 10.5 Å². The third kappa shape index (κ3) is 3.00. The van der Waals surface area contributed by atoms with E-state index in [2.05, 4.69) is 4.74 Å². The van der Waals surface area contributed by atoms with Gasteiger partial charge in [-0.05, 0) is 31.0 Å². The van der Waals surface area contributed by atoms with Crippen molar-refractivity contribution in [1.82, 2.24) is 0 Å². The van der Waals surface area contributed by atoms with Crippen molar-refractivity contribution in [3.8, 4) is 0 Å². The molecule has 3 nitrogen and oxygen atoms in total. The van der Waals surface area contributed by atoms with Gasteiger partial charge in [0.25, 0.3) is 0 Å². The van der Waals surface area contributed by atoms with E-state index in [0.717, 1.165) is 12.1 Å². The summed E-state index contributed by atoms with van der Waals surface area (Å²) in [5.41, 5.74) is 5.10. The number of hydrogen-bond donors (Lipinski definition) is 1. The lowest BCUT2D eigenvalue weighted by atomic mass is 9.83. The molecule has 2 N–H and O–H groups in total. The Morgan fingerprint density at radius 3 is 2.53 bits per heavy atom. The SMILES string of the molecule is COC(=O)C(C)(CN)Cc1ccc(F)c(F)c1. The van der Waals surface area contributed by atoms with Crippen molar-refractivity contribution in [2.24, 2.45) is 11.1 Å². The van der Waals surface area contributed by atoms with E-state index in [1.165, 1.54) is 13.2 Å². The van der Waals surface area contributed by atoms with Crippen LogP contribution in [0.5, 0.6) is 0 Å². The monoisotopic (exact) mass is 243 g/mol. The predicted molar refractivity (Wildman–Crippen MR) is 59.2 cm³/mol. The van der Waals surface area contributed by atoms with Crippen LogP contribution in [-0.2, 0) is 16.0 Å². The Morgan fingerprint density at radius 2 is 2.06 bits per heavy atom. The number of carbonyl (C=O) groups excluding carboxylic acids is 1. The lowest BCUT2D eigenvalue weighted by molar-refractivity contribution is -0.151. The Kier molecular flexibility index (Phi) is 4.17. The average molecular weight is 243 g/mol. The van der Waals surface area contributed by atoms with Gasteiger partial charge in [0.2, 0.25) is 0 Å². The van der Waals surface area contributed by atoms with Gasteiger partial charge in [0.05, 0.1) is 12.5 Å². The number of methoxy groups -OCH3 is 1. The summed E-state index contributed by atoms with van der Waals surface area (Å²) in [6.07, 6.45) is 0.202. The van der Waals surface area contributed by atoms with Crippen molar-refractivity contribution in [3.63, 3.8) is 0 Å². The highest BCUT2D eigenvalue weighted by Crippen LogP contribution is 2.24. The largest absolute Gasteiger partial charge is 0.469 e. The Labute approximate surface area is 98.6 Å². The number of ether oxygens (including phenoxy) is 1. The van der Waals surface area contributed by atoms with Gasteiger partial charge >= 0.3 is 5.97 Å².